The lowest BCUT2D eigenvalue weighted by molar-refractivity contribution is 0.0526. The number of carbonyl (C=O) groups is 1. The van der Waals surface area contributed by atoms with Gasteiger partial charge in [0.25, 0.3) is 0 Å². The van der Waals surface area contributed by atoms with Crippen molar-refractivity contribution in [3.63, 3.8) is 0 Å². The standard InChI is InChI=1S/C18H18N4O3S2/c1-3-24-17(23)12-6-7-13(11(2)9-12)20-18(26)19-10-15-21-16(22-25-15)14-5-4-8-27-14/h4-9H,3,10H2,1-2H3,(H2,19,20,26). The number of nitrogens with zero attached hydrogens (tertiary/aromatic N) is 2. The minimum Gasteiger partial charge on any atom is -0.462 e. The summed E-state index contributed by atoms with van der Waals surface area (Å²) in [6.45, 7) is 4.32. The van der Waals surface area contributed by atoms with Gasteiger partial charge in [-0.15, -0.1) is 11.3 Å². The van der Waals surface area contributed by atoms with Crippen LogP contribution in [0.5, 0.6) is 0 Å². The molecule has 2 aromatic heterocycles. The Kier molecular flexibility index (Phi) is 6.15. The van der Waals surface area contributed by atoms with E-state index >= 15 is 0 Å². The van der Waals surface area contributed by atoms with E-state index in [2.05, 4.69) is 20.8 Å². The fraction of sp³-hybridized carbons (Fsp3) is 0.222. The first-order valence-corrected chi connectivity index (χ1v) is 9.54. The quantitative estimate of drug-likeness (QED) is 0.476. The van der Waals surface area contributed by atoms with Crippen molar-refractivity contribution in [2.45, 2.75) is 20.4 Å². The molecule has 0 radical (unpaired) electrons. The van der Waals surface area contributed by atoms with Crippen LogP contribution in [0, 0.1) is 6.92 Å². The molecule has 0 saturated heterocycles. The second-order valence-corrected chi connectivity index (χ2v) is 6.90. The zero-order chi connectivity index (χ0) is 19.2. The Labute approximate surface area is 165 Å². The van der Waals surface area contributed by atoms with Crippen LogP contribution >= 0.6 is 23.6 Å². The number of benzene rings is 1. The molecule has 0 spiro atoms. The van der Waals surface area contributed by atoms with Gasteiger partial charge in [0.1, 0.15) is 0 Å². The molecule has 3 rings (SSSR count). The fourth-order valence-electron chi connectivity index (χ4n) is 2.30. The second-order valence-electron chi connectivity index (χ2n) is 5.55. The molecule has 9 heteroatoms. The number of esters is 1. The average molecular weight is 403 g/mol. The van der Waals surface area contributed by atoms with E-state index in [0.29, 0.717) is 35.5 Å². The number of thiophene rings is 1. The first-order chi connectivity index (χ1) is 13.1. The van der Waals surface area contributed by atoms with E-state index in [0.717, 1.165) is 16.1 Å². The number of rotatable bonds is 6. The van der Waals surface area contributed by atoms with E-state index < -0.39 is 0 Å². The molecule has 1 aromatic carbocycles. The van der Waals surface area contributed by atoms with E-state index in [1.807, 2.05) is 24.4 Å². The smallest absolute Gasteiger partial charge is 0.338 e. The highest BCUT2D eigenvalue weighted by Crippen LogP contribution is 2.21. The summed E-state index contributed by atoms with van der Waals surface area (Å²) >= 11 is 6.85. The van der Waals surface area contributed by atoms with Crippen molar-refractivity contribution in [2.24, 2.45) is 0 Å². The Bertz CT molecular complexity index is 938. The third-order valence-electron chi connectivity index (χ3n) is 3.60. The number of aryl methyl sites for hydroxylation is 1. The Hall–Kier alpha value is -2.78. The van der Waals surface area contributed by atoms with Crippen molar-refractivity contribution in [3.05, 3.63) is 52.7 Å². The monoisotopic (exact) mass is 402 g/mol. The minimum atomic E-state index is -0.342. The molecule has 0 fully saturated rings. The van der Waals surface area contributed by atoms with Gasteiger partial charge in [-0.2, -0.15) is 4.98 Å². The minimum absolute atomic E-state index is 0.310. The van der Waals surface area contributed by atoms with Gasteiger partial charge in [0, 0.05) is 5.69 Å². The molecule has 3 aromatic rings. The van der Waals surface area contributed by atoms with Crippen molar-refractivity contribution in [3.8, 4) is 10.7 Å². The summed E-state index contributed by atoms with van der Waals surface area (Å²) in [5, 5.41) is 12.4. The van der Waals surface area contributed by atoms with Crippen LogP contribution in [0.3, 0.4) is 0 Å². The van der Waals surface area contributed by atoms with Crippen LogP contribution in [0.15, 0.2) is 40.2 Å². The van der Waals surface area contributed by atoms with E-state index in [1.165, 1.54) is 0 Å². The van der Waals surface area contributed by atoms with Crippen LogP contribution in [-0.2, 0) is 11.3 Å². The summed E-state index contributed by atoms with van der Waals surface area (Å²) < 4.78 is 10.2. The van der Waals surface area contributed by atoms with Crippen molar-refractivity contribution in [2.75, 3.05) is 11.9 Å². The maximum Gasteiger partial charge on any atom is 0.338 e. The van der Waals surface area contributed by atoms with Gasteiger partial charge in [0.15, 0.2) is 5.11 Å². The average Bonchev–Trinajstić information content (AvgIpc) is 3.33. The van der Waals surface area contributed by atoms with Gasteiger partial charge in [-0.3, -0.25) is 0 Å². The van der Waals surface area contributed by atoms with Crippen LogP contribution in [0.25, 0.3) is 10.7 Å². The number of carbonyl (C=O) groups excluding carboxylic acids is 1. The molecule has 2 heterocycles. The molecule has 0 aliphatic heterocycles. The zero-order valence-electron chi connectivity index (χ0n) is 14.8. The maximum absolute atomic E-state index is 11.8. The molecule has 0 unspecified atom stereocenters. The Morgan fingerprint density at radius 1 is 1.37 bits per heavy atom. The molecule has 2 N–H and O–H groups in total. The Morgan fingerprint density at radius 2 is 2.22 bits per heavy atom. The third-order valence-corrected chi connectivity index (χ3v) is 4.71. The Morgan fingerprint density at radius 3 is 2.93 bits per heavy atom. The van der Waals surface area contributed by atoms with E-state index in [-0.39, 0.29) is 5.97 Å². The largest absolute Gasteiger partial charge is 0.462 e. The third kappa shape index (κ3) is 4.89. The van der Waals surface area contributed by atoms with Crippen LogP contribution < -0.4 is 10.6 Å². The fourth-order valence-corrected chi connectivity index (χ4v) is 3.13. The highest BCUT2D eigenvalue weighted by molar-refractivity contribution is 7.80. The summed E-state index contributed by atoms with van der Waals surface area (Å²) in [5.74, 6) is 0.661. The molecule has 27 heavy (non-hydrogen) atoms. The topological polar surface area (TPSA) is 89.3 Å². The number of anilines is 1. The Balaban J connectivity index is 1.56. The predicted molar refractivity (Wildman–Crippen MR) is 108 cm³/mol. The van der Waals surface area contributed by atoms with Gasteiger partial charge in [-0.25, -0.2) is 4.79 Å². The van der Waals surface area contributed by atoms with E-state index in [4.69, 9.17) is 21.5 Å². The van der Waals surface area contributed by atoms with Crippen LogP contribution in [0.4, 0.5) is 5.69 Å². The van der Waals surface area contributed by atoms with Crippen LogP contribution in [0.1, 0.15) is 28.7 Å². The molecule has 0 aliphatic carbocycles. The molecule has 7 nitrogen and oxygen atoms in total. The molecule has 0 bridgehead atoms. The molecule has 0 saturated carbocycles. The molecular weight excluding hydrogens is 384 g/mol. The van der Waals surface area contributed by atoms with Gasteiger partial charge in [-0.1, -0.05) is 11.2 Å². The summed E-state index contributed by atoms with van der Waals surface area (Å²) in [5.41, 5.74) is 2.18. The first-order valence-electron chi connectivity index (χ1n) is 8.26. The number of aromatic nitrogens is 2. The number of thiocarbonyl (C=S) groups is 1. The van der Waals surface area contributed by atoms with Crippen molar-refractivity contribution >= 4 is 40.3 Å². The lowest BCUT2D eigenvalue weighted by Gasteiger charge is -2.12. The summed E-state index contributed by atoms with van der Waals surface area (Å²) in [6, 6.07) is 9.11. The van der Waals surface area contributed by atoms with Crippen molar-refractivity contribution in [1.29, 1.82) is 0 Å². The molecule has 0 amide bonds. The van der Waals surface area contributed by atoms with Gasteiger partial charge >= 0.3 is 5.97 Å². The zero-order valence-corrected chi connectivity index (χ0v) is 16.4. The van der Waals surface area contributed by atoms with Gasteiger partial charge in [0.2, 0.25) is 11.7 Å². The lowest BCUT2D eigenvalue weighted by Crippen LogP contribution is -2.28. The molecule has 0 atom stereocenters. The first kappa shape index (κ1) is 19.0. The summed E-state index contributed by atoms with van der Waals surface area (Å²) in [7, 11) is 0. The maximum atomic E-state index is 11.8. The summed E-state index contributed by atoms with van der Waals surface area (Å²) in [4.78, 5) is 17.0. The normalized spacial score (nSPS) is 10.4. The molecule has 0 aliphatic rings. The van der Waals surface area contributed by atoms with Crippen molar-refractivity contribution < 1.29 is 14.1 Å². The molecule has 140 valence electrons. The number of ether oxygens (including phenoxy) is 1. The predicted octanol–water partition coefficient (Wildman–Crippen LogP) is 3.77. The van der Waals surface area contributed by atoms with Gasteiger partial charge < -0.3 is 19.9 Å². The van der Waals surface area contributed by atoms with Crippen LogP contribution in [0.2, 0.25) is 0 Å². The van der Waals surface area contributed by atoms with Crippen molar-refractivity contribution in [1.82, 2.24) is 15.5 Å². The highest BCUT2D eigenvalue weighted by Gasteiger charge is 2.11. The van der Waals surface area contributed by atoms with E-state index in [1.54, 1.807) is 36.5 Å². The second kappa shape index (κ2) is 8.74. The number of hydrogen-bond acceptors (Lipinski definition) is 7. The highest BCUT2D eigenvalue weighted by atomic mass is 32.1. The molecular formula is C18H18N4O3S2. The summed E-state index contributed by atoms with van der Waals surface area (Å²) in [6.07, 6.45) is 0. The van der Waals surface area contributed by atoms with Gasteiger partial charge in [-0.05, 0) is 61.3 Å². The number of hydrogen-bond donors (Lipinski definition) is 2. The lowest BCUT2D eigenvalue weighted by atomic mass is 10.1. The SMILES string of the molecule is CCOC(=O)c1ccc(NC(=S)NCc2nc(-c3cccs3)no2)c(C)c1. The number of nitrogens with one attached hydrogen (secondary N) is 2. The van der Waals surface area contributed by atoms with Crippen LogP contribution in [-0.4, -0.2) is 27.8 Å². The van der Waals surface area contributed by atoms with Gasteiger partial charge in [0.05, 0.1) is 23.6 Å². The van der Waals surface area contributed by atoms with E-state index in [9.17, 15) is 4.79 Å².